The van der Waals surface area contributed by atoms with Crippen LogP contribution >= 0.6 is 23.2 Å². The Morgan fingerprint density at radius 3 is 2.42 bits per heavy atom. The quantitative estimate of drug-likeness (QED) is 0.830. The zero-order chi connectivity index (χ0) is 14.8. The van der Waals surface area contributed by atoms with Crippen molar-refractivity contribution in [3.05, 3.63) is 27.7 Å². The molecule has 0 aliphatic rings. The highest BCUT2D eigenvalue weighted by Crippen LogP contribution is 2.29. The molecular weight excluding hydrogens is 283 g/mol. The highest BCUT2D eigenvalue weighted by atomic mass is 35.5. The van der Waals surface area contributed by atoms with Gasteiger partial charge in [-0.15, -0.1) is 0 Å². The fraction of sp³-hybridized carbons (Fsp3) is 0.500. The molecule has 1 unspecified atom stereocenters. The molecule has 3 nitrogen and oxygen atoms in total. The highest BCUT2D eigenvalue weighted by molar-refractivity contribution is 6.43. The Bertz CT molecular complexity index is 458. The Hall–Kier alpha value is -0.930. The van der Waals surface area contributed by atoms with E-state index in [0.29, 0.717) is 23.7 Å². The van der Waals surface area contributed by atoms with Crippen LogP contribution in [0.4, 0.5) is 5.69 Å². The number of rotatable bonds is 3. The summed E-state index contributed by atoms with van der Waals surface area (Å²) in [7, 11) is 0. The largest absolute Gasteiger partial charge is 0.397 e. The fourth-order valence-electron chi connectivity index (χ4n) is 1.40. The van der Waals surface area contributed by atoms with Gasteiger partial charge in [0.15, 0.2) is 0 Å². The second-order valence-corrected chi connectivity index (χ2v) is 6.62. The number of amides is 1. The molecule has 106 valence electrons. The van der Waals surface area contributed by atoms with Crippen molar-refractivity contribution in [2.45, 2.75) is 27.7 Å². The van der Waals surface area contributed by atoms with E-state index in [1.807, 2.05) is 0 Å². The van der Waals surface area contributed by atoms with E-state index < -0.39 is 0 Å². The number of carbonyl (C=O) groups is 1. The van der Waals surface area contributed by atoms with Crippen LogP contribution in [0.5, 0.6) is 0 Å². The molecule has 0 bridgehead atoms. The van der Waals surface area contributed by atoms with Gasteiger partial charge in [0.1, 0.15) is 0 Å². The second-order valence-electron chi connectivity index (χ2n) is 5.84. The summed E-state index contributed by atoms with van der Waals surface area (Å²) in [6, 6.07) is 3.06. The van der Waals surface area contributed by atoms with Crippen LogP contribution in [-0.2, 0) is 0 Å². The number of nitrogens with two attached hydrogens (primary N) is 1. The molecule has 1 aromatic carbocycles. The summed E-state index contributed by atoms with van der Waals surface area (Å²) in [5, 5.41) is 3.45. The number of anilines is 1. The smallest absolute Gasteiger partial charge is 0.251 e. The Morgan fingerprint density at radius 1 is 1.37 bits per heavy atom. The lowest BCUT2D eigenvalue weighted by atomic mass is 9.82. The predicted octanol–water partition coefficient (Wildman–Crippen LogP) is 3.99. The summed E-state index contributed by atoms with van der Waals surface area (Å²) < 4.78 is 0. The van der Waals surface area contributed by atoms with E-state index >= 15 is 0 Å². The number of hydrogen-bond acceptors (Lipinski definition) is 2. The van der Waals surface area contributed by atoms with Crippen LogP contribution in [0.2, 0.25) is 10.0 Å². The molecule has 19 heavy (non-hydrogen) atoms. The zero-order valence-electron chi connectivity index (χ0n) is 11.7. The number of benzene rings is 1. The topological polar surface area (TPSA) is 55.1 Å². The Balaban J connectivity index is 2.75. The first-order valence-corrected chi connectivity index (χ1v) is 6.91. The molecule has 0 saturated carbocycles. The minimum absolute atomic E-state index is 0.143. The van der Waals surface area contributed by atoms with Gasteiger partial charge in [0.05, 0.1) is 15.7 Å². The van der Waals surface area contributed by atoms with Gasteiger partial charge in [-0.1, -0.05) is 50.9 Å². The molecule has 0 saturated heterocycles. The minimum Gasteiger partial charge on any atom is -0.397 e. The summed E-state index contributed by atoms with van der Waals surface area (Å²) in [6.07, 6.45) is 0. The number of carbonyl (C=O) groups excluding carboxylic acids is 1. The van der Waals surface area contributed by atoms with Gasteiger partial charge < -0.3 is 11.1 Å². The van der Waals surface area contributed by atoms with Crippen LogP contribution in [0.1, 0.15) is 38.1 Å². The molecule has 1 amide bonds. The molecule has 1 atom stereocenters. The van der Waals surface area contributed by atoms with Crippen LogP contribution < -0.4 is 11.1 Å². The molecule has 0 radical (unpaired) electrons. The first kappa shape index (κ1) is 16.1. The van der Waals surface area contributed by atoms with Crippen molar-refractivity contribution >= 4 is 34.8 Å². The van der Waals surface area contributed by atoms with Gasteiger partial charge in [-0.3, -0.25) is 4.79 Å². The van der Waals surface area contributed by atoms with E-state index in [4.69, 9.17) is 28.9 Å². The third-order valence-electron chi connectivity index (χ3n) is 3.37. The van der Waals surface area contributed by atoms with Crippen LogP contribution in [0.25, 0.3) is 0 Å². The Kier molecular flexibility index (Phi) is 5.11. The number of hydrogen-bond donors (Lipinski definition) is 2. The number of halogens is 2. The van der Waals surface area contributed by atoms with Gasteiger partial charge in [-0.2, -0.15) is 0 Å². The van der Waals surface area contributed by atoms with Crippen LogP contribution in [0, 0.1) is 11.3 Å². The first-order chi connectivity index (χ1) is 8.62. The molecule has 5 heteroatoms. The summed E-state index contributed by atoms with van der Waals surface area (Å²) in [5.74, 6) is 0.165. The maximum absolute atomic E-state index is 12.0. The average molecular weight is 303 g/mol. The van der Waals surface area contributed by atoms with E-state index in [2.05, 4.69) is 33.0 Å². The van der Waals surface area contributed by atoms with E-state index in [1.54, 1.807) is 0 Å². The van der Waals surface area contributed by atoms with Gasteiger partial charge in [0.2, 0.25) is 0 Å². The van der Waals surface area contributed by atoms with E-state index in [-0.39, 0.29) is 21.4 Å². The van der Waals surface area contributed by atoms with E-state index in [0.717, 1.165) is 0 Å². The molecule has 0 aliphatic carbocycles. The first-order valence-electron chi connectivity index (χ1n) is 6.15. The fourth-order valence-corrected chi connectivity index (χ4v) is 1.73. The lowest BCUT2D eigenvalue weighted by molar-refractivity contribution is 0.0937. The summed E-state index contributed by atoms with van der Waals surface area (Å²) in [6.45, 7) is 9.12. The SMILES string of the molecule is CC(CNC(=O)c1cc(N)c(Cl)c(Cl)c1)C(C)(C)C. The summed E-state index contributed by atoms with van der Waals surface area (Å²) in [5.41, 5.74) is 6.56. The van der Waals surface area contributed by atoms with Crippen molar-refractivity contribution < 1.29 is 4.79 Å². The van der Waals surface area contributed by atoms with Crippen molar-refractivity contribution in [3.63, 3.8) is 0 Å². The van der Waals surface area contributed by atoms with Crippen molar-refractivity contribution in [2.24, 2.45) is 11.3 Å². The van der Waals surface area contributed by atoms with Gasteiger partial charge >= 0.3 is 0 Å². The second kappa shape index (κ2) is 6.02. The van der Waals surface area contributed by atoms with E-state index in [9.17, 15) is 4.79 Å². The molecule has 3 N–H and O–H groups in total. The molecule has 1 rings (SSSR count). The highest BCUT2D eigenvalue weighted by Gasteiger charge is 2.21. The minimum atomic E-state index is -0.193. The molecule has 0 aromatic heterocycles. The maximum atomic E-state index is 12.0. The third kappa shape index (κ3) is 4.29. The summed E-state index contributed by atoms with van der Waals surface area (Å²) >= 11 is 11.8. The molecule has 0 aliphatic heterocycles. The van der Waals surface area contributed by atoms with Crippen LogP contribution in [0.3, 0.4) is 0 Å². The molecule has 0 fully saturated rings. The van der Waals surface area contributed by atoms with Gasteiger partial charge in [-0.25, -0.2) is 0 Å². The average Bonchev–Trinajstić information content (AvgIpc) is 2.30. The standard InChI is InChI=1S/C14H20Cl2N2O/c1-8(14(2,3)4)7-18-13(19)9-5-10(15)12(16)11(17)6-9/h5-6,8H,7,17H2,1-4H3,(H,18,19). The van der Waals surface area contributed by atoms with Crippen molar-refractivity contribution in [1.82, 2.24) is 5.32 Å². The van der Waals surface area contributed by atoms with Gasteiger partial charge in [-0.05, 0) is 23.5 Å². The van der Waals surface area contributed by atoms with Crippen molar-refractivity contribution in [3.8, 4) is 0 Å². The van der Waals surface area contributed by atoms with Gasteiger partial charge in [0, 0.05) is 12.1 Å². The van der Waals surface area contributed by atoms with Gasteiger partial charge in [0.25, 0.3) is 5.91 Å². The third-order valence-corrected chi connectivity index (χ3v) is 4.18. The maximum Gasteiger partial charge on any atom is 0.251 e. The number of nitrogens with one attached hydrogen (secondary N) is 1. The number of nitrogen functional groups attached to an aromatic ring is 1. The zero-order valence-corrected chi connectivity index (χ0v) is 13.2. The lowest BCUT2D eigenvalue weighted by Crippen LogP contribution is -2.33. The van der Waals surface area contributed by atoms with Crippen molar-refractivity contribution in [1.29, 1.82) is 0 Å². The molecule has 0 spiro atoms. The van der Waals surface area contributed by atoms with Crippen LogP contribution in [-0.4, -0.2) is 12.5 Å². The van der Waals surface area contributed by atoms with Crippen LogP contribution in [0.15, 0.2) is 12.1 Å². The molecular formula is C14H20Cl2N2O. The predicted molar refractivity (Wildman–Crippen MR) is 81.8 cm³/mol. The molecule has 1 aromatic rings. The lowest BCUT2D eigenvalue weighted by Gasteiger charge is -2.27. The summed E-state index contributed by atoms with van der Waals surface area (Å²) in [4.78, 5) is 12.0. The Morgan fingerprint density at radius 2 is 1.95 bits per heavy atom. The Labute approximate surface area is 124 Å². The molecule has 0 heterocycles. The van der Waals surface area contributed by atoms with Crippen molar-refractivity contribution in [2.75, 3.05) is 12.3 Å². The monoisotopic (exact) mass is 302 g/mol. The normalized spacial score (nSPS) is 13.2. The van der Waals surface area contributed by atoms with E-state index in [1.165, 1.54) is 12.1 Å².